The summed E-state index contributed by atoms with van der Waals surface area (Å²) in [7, 11) is 0. The molecule has 0 saturated carbocycles. The minimum Gasteiger partial charge on any atom is -0.479 e. The van der Waals surface area contributed by atoms with E-state index in [0.29, 0.717) is 34.0 Å². The van der Waals surface area contributed by atoms with Gasteiger partial charge in [0.15, 0.2) is 11.9 Å². The molecule has 8 heteroatoms. The molecule has 0 radical (unpaired) electrons. The normalized spacial score (nSPS) is 12.0. The van der Waals surface area contributed by atoms with Gasteiger partial charge in [0.2, 0.25) is 0 Å². The number of rotatable bonds is 5. The SMILES string of the molecule is Cc1cc(-n2c(C)cc(C(=O)NC(C(=O)O)c3ccc(F)c(C)c3)c2C)no1. The van der Waals surface area contributed by atoms with Gasteiger partial charge in [-0.1, -0.05) is 17.3 Å². The van der Waals surface area contributed by atoms with E-state index in [1.807, 2.05) is 6.92 Å². The average Bonchev–Trinajstić information content (AvgIpc) is 3.17. The molecule has 1 unspecified atom stereocenters. The number of amides is 1. The predicted molar refractivity (Wildman–Crippen MR) is 99.0 cm³/mol. The number of halogens is 1. The minimum absolute atomic E-state index is 0.292. The van der Waals surface area contributed by atoms with Gasteiger partial charge < -0.3 is 14.9 Å². The summed E-state index contributed by atoms with van der Waals surface area (Å²) in [6.07, 6.45) is 0. The van der Waals surface area contributed by atoms with Crippen molar-refractivity contribution < 1.29 is 23.6 Å². The monoisotopic (exact) mass is 385 g/mol. The van der Waals surface area contributed by atoms with E-state index in [4.69, 9.17) is 4.52 Å². The summed E-state index contributed by atoms with van der Waals surface area (Å²) in [5, 5.41) is 16.0. The van der Waals surface area contributed by atoms with Crippen LogP contribution in [0.15, 0.2) is 34.9 Å². The Morgan fingerprint density at radius 3 is 2.46 bits per heavy atom. The third-order valence-corrected chi connectivity index (χ3v) is 4.56. The van der Waals surface area contributed by atoms with Crippen LogP contribution in [0.4, 0.5) is 4.39 Å². The van der Waals surface area contributed by atoms with Gasteiger partial charge in [0.05, 0.1) is 5.56 Å². The van der Waals surface area contributed by atoms with E-state index in [9.17, 15) is 19.1 Å². The third kappa shape index (κ3) is 3.53. The zero-order chi connectivity index (χ0) is 20.6. The molecule has 0 aliphatic rings. The molecule has 2 N–H and O–H groups in total. The zero-order valence-corrected chi connectivity index (χ0v) is 15.9. The molecule has 3 aromatic rings. The van der Waals surface area contributed by atoms with Crippen LogP contribution in [0.5, 0.6) is 0 Å². The Kier molecular flexibility index (Phi) is 5.04. The Balaban J connectivity index is 1.93. The van der Waals surface area contributed by atoms with Crippen LogP contribution < -0.4 is 5.32 Å². The highest BCUT2D eigenvalue weighted by molar-refractivity contribution is 5.98. The maximum absolute atomic E-state index is 13.5. The van der Waals surface area contributed by atoms with E-state index < -0.39 is 23.7 Å². The molecule has 1 amide bonds. The molecular weight excluding hydrogens is 365 g/mol. The van der Waals surface area contributed by atoms with E-state index >= 15 is 0 Å². The molecule has 0 bridgehead atoms. The number of aliphatic carboxylic acids is 1. The average molecular weight is 385 g/mol. The van der Waals surface area contributed by atoms with Crippen LogP contribution in [0.3, 0.4) is 0 Å². The van der Waals surface area contributed by atoms with Crippen molar-refractivity contribution in [3.05, 3.63) is 70.0 Å². The topological polar surface area (TPSA) is 97.4 Å². The molecule has 1 atom stereocenters. The summed E-state index contributed by atoms with van der Waals surface area (Å²) >= 11 is 0. The largest absolute Gasteiger partial charge is 0.479 e. The molecule has 3 rings (SSSR count). The van der Waals surface area contributed by atoms with Crippen LogP contribution in [0.1, 0.15) is 44.7 Å². The molecule has 0 aliphatic heterocycles. The van der Waals surface area contributed by atoms with E-state index in [-0.39, 0.29) is 0 Å². The van der Waals surface area contributed by atoms with Crippen molar-refractivity contribution in [2.45, 2.75) is 33.7 Å². The number of carboxylic acids is 1. The van der Waals surface area contributed by atoms with Crippen molar-refractivity contribution >= 4 is 11.9 Å². The Morgan fingerprint density at radius 2 is 1.89 bits per heavy atom. The Hall–Kier alpha value is -3.42. The van der Waals surface area contributed by atoms with Crippen LogP contribution in [0.2, 0.25) is 0 Å². The van der Waals surface area contributed by atoms with Gasteiger partial charge in [-0.15, -0.1) is 0 Å². The van der Waals surface area contributed by atoms with Crippen LogP contribution in [0, 0.1) is 33.5 Å². The maximum atomic E-state index is 13.5. The highest BCUT2D eigenvalue weighted by Crippen LogP contribution is 2.23. The van der Waals surface area contributed by atoms with E-state index in [0.717, 1.165) is 5.69 Å². The van der Waals surface area contributed by atoms with Crippen molar-refractivity contribution in [3.63, 3.8) is 0 Å². The summed E-state index contributed by atoms with van der Waals surface area (Å²) in [5.74, 6) is -1.05. The lowest BCUT2D eigenvalue weighted by molar-refractivity contribution is -0.139. The van der Waals surface area contributed by atoms with Crippen molar-refractivity contribution in [3.8, 4) is 5.82 Å². The number of aryl methyl sites for hydroxylation is 3. The fraction of sp³-hybridized carbons (Fsp3) is 0.250. The number of nitrogens with zero attached hydrogens (tertiary/aromatic N) is 2. The van der Waals surface area contributed by atoms with Crippen LogP contribution in [0.25, 0.3) is 5.82 Å². The number of carboxylic acid groups (broad SMARTS) is 1. The lowest BCUT2D eigenvalue weighted by Crippen LogP contribution is -2.34. The zero-order valence-electron chi connectivity index (χ0n) is 15.9. The van der Waals surface area contributed by atoms with Crippen molar-refractivity contribution in [2.75, 3.05) is 0 Å². The second-order valence-electron chi connectivity index (χ2n) is 6.67. The molecule has 1 aromatic carbocycles. The first kappa shape index (κ1) is 19.3. The van der Waals surface area contributed by atoms with E-state index in [1.54, 1.807) is 30.5 Å². The van der Waals surface area contributed by atoms with Gasteiger partial charge in [-0.05, 0) is 51.0 Å². The molecule has 0 spiro atoms. The standard InChI is InChI=1S/C20H20FN3O4/c1-10-7-14(5-6-16(10)21)18(20(26)27)22-19(25)15-8-11(2)24(13(15)4)17-9-12(3)28-23-17/h5-9,18H,1-4H3,(H,22,25)(H,26,27). The molecular formula is C20H20FN3O4. The number of aromatic nitrogens is 2. The van der Waals surface area contributed by atoms with Crippen molar-refractivity contribution in [1.29, 1.82) is 0 Å². The van der Waals surface area contributed by atoms with Crippen LogP contribution in [-0.4, -0.2) is 26.7 Å². The molecule has 7 nitrogen and oxygen atoms in total. The smallest absolute Gasteiger partial charge is 0.330 e. The number of carbonyl (C=O) groups excluding carboxylic acids is 1. The fourth-order valence-electron chi connectivity index (χ4n) is 3.15. The van der Waals surface area contributed by atoms with Gasteiger partial charge in [0.1, 0.15) is 11.6 Å². The Bertz CT molecular complexity index is 1070. The highest BCUT2D eigenvalue weighted by Gasteiger charge is 2.26. The van der Waals surface area contributed by atoms with Gasteiger partial charge in [-0.25, -0.2) is 9.18 Å². The first-order chi connectivity index (χ1) is 13.2. The number of hydrogen-bond donors (Lipinski definition) is 2. The first-order valence-electron chi connectivity index (χ1n) is 8.61. The predicted octanol–water partition coefficient (Wildman–Crippen LogP) is 3.39. The summed E-state index contributed by atoms with van der Waals surface area (Å²) in [5.41, 5.74) is 2.27. The van der Waals surface area contributed by atoms with Crippen molar-refractivity contribution in [1.82, 2.24) is 15.0 Å². The fourth-order valence-corrected chi connectivity index (χ4v) is 3.15. The molecule has 0 aliphatic carbocycles. The van der Waals surface area contributed by atoms with Gasteiger partial charge in [0, 0.05) is 17.5 Å². The Morgan fingerprint density at radius 1 is 1.18 bits per heavy atom. The second kappa shape index (κ2) is 7.30. The van der Waals surface area contributed by atoms with E-state index in [1.165, 1.54) is 25.1 Å². The molecule has 2 heterocycles. The molecule has 146 valence electrons. The van der Waals surface area contributed by atoms with Gasteiger partial charge in [-0.3, -0.25) is 9.36 Å². The van der Waals surface area contributed by atoms with Gasteiger partial charge in [0.25, 0.3) is 5.91 Å². The van der Waals surface area contributed by atoms with E-state index in [2.05, 4.69) is 10.5 Å². The summed E-state index contributed by atoms with van der Waals surface area (Å²) in [6.45, 7) is 6.85. The van der Waals surface area contributed by atoms with Crippen LogP contribution in [-0.2, 0) is 4.79 Å². The maximum Gasteiger partial charge on any atom is 0.330 e. The van der Waals surface area contributed by atoms with Crippen molar-refractivity contribution in [2.24, 2.45) is 0 Å². The third-order valence-electron chi connectivity index (χ3n) is 4.56. The first-order valence-corrected chi connectivity index (χ1v) is 8.61. The quantitative estimate of drug-likeness (QED) is 0.702. The Labute approximate surface area is 160 Å². The van der Waals surface area contributed by atoms with Crippen LogP contribution >= 0.6 is 0 Å². The molecule has 2 aromatic heterocycles. The highest BCUT2D eigenvalue weighted by atomic mass is 19.1. The van der Waals surface area contributed by atoms with Gasteiger partial charge >= 0.3 is 5.97 Å². The number of hydrogen-bond acceptors (Lipinski definition) is 4. The number of carbonyl (C=O) groups is 2. The lowest BCUT2D eigenvalue weighted by Gasteiger charge is -2.16. The molecule has 0 fully saturated rings. The summed E-state index contributed by atoms with van der Waals surface area (Å²) in [6, 6.07) is 6.04. The summed E-state index contributed by atoms with van der Waals surface area (Å²) in [4.78, 5) is 24.5. The minimum atomic E-state index is -1.30. The van der Waals surface area contributed by atoms with Gasteiger partial charge in [-0.2, -0.15) is 0 Å². The lowest BCUT2D eigenvalue weighted by atomic mass is 10.0. The molecule has 28 heavy (non-hydrogen) atoms. The second-order valence-corrected chi connectivity index (χ2v) is 6.67. The summed E-state index contributed by atoms with van der Waals surface area (Å²) < 4.78 is 20.3. The number of nitrogens with one attached hydrogen (secondary N) is 1. The molecule has 0 saturated heterocycles. The number of benzene rings is 1.